The van der Waals surface area contributed by atoms with Gasteiger partial charge in [-0.3, -0.25) is 0 Å². The maximum absolute atomic E-state index is 9.83. The summed E-state index contributed by atoms with van der Waals surface area (Å²) >= 11 is 0. The van der Waals surface area contributed by atoms with E-state index in [0.717, 1.165) is 32.5 Å². The topological polar surface area (TPSA) is 55.7 Å². The molecule has 0 aromatic heterocycles. The van der Waals surface area contributed by atoms with Crippen molar-refractivity contribution in [2.75, 3.05) is 32.8 Å². The van der Waals surface area contributed by atoms with E-state index in [9.17, 15) is 5.11 Å². The highest BCUT2D eigenvalue weighted by Gasteiger charge is 2.15. The van der Waals surface area contributed by atoms with Crippen molar-refractivity contribution in [3.63, 3.8) is 0 Å². The first-order valence-electron chi connectivity index (χ1n) is 6.47. The van der Waals surface area contributed by atoms with Gasteiger partial charge in [0.1, 0.15) is 0 Å². The Morgan fingerprint density at radius 1 is 1.31 bits per heavy atom. The van der Waals surface area contributed by atoms with Crippen molar-refractivity contribution in [2.45, 2.75) is 44.8 Å². The molecular formula is C12H26N2O2. The molecule has 1 aliphatic rings. The zero-order valence-corrected chi connectivity index (χ0v) is 10.4. The SMILES string of the molecule is CC(CCCO)NCC(O)CN1CCCC1. The minimum absolute atomic E-state index is 0.252. The van der Waals surface area contributed by atoms with Gasteiger partial charge in [0, 0.05) is 25.7 Å². The van der Waals surface area contributed by atoms with Crippen molar-refractivity contribution in [1.82, 2.24) is 10.2 Å². The van der Waals surface area contributed by atoms with Crippen molar-refractivity contribution < 1.29 is 10.2 Å². The molecule has 0 saturated carbocycles. The Kier molecular flexibility index (Phi) is 6.96. The van der Waals surface area contributed by atoms with Crippen LogP contribution in [0.15, 0.2) is 0 Å². The number of hydrogen-bond acceptors (Lipinski definition) is 4. The van der Waals surface area contributed by atoms with Crippen molar-refractivity contribution in [1.29, 1.82) is 0 Å². The van der Waals surface area contributed by atoms with Gasteiger partial charge in [0.15, 0.2) is 0 Å². The molecule has 1 fully saturated rings. The van der Waals surface area contributed by atoms with Crippen LogP contribution in [0.3, 0.4) is 0 Å². The second kappa shape index (κ2) is 8.01. The normalized spacial score (nSPS) is 21.2. The first-order chi connectivity index (χ1) is 7.72. The molecule has 1 aliphatic heterocycles. The van der Waals surface area contributed by atoms with Crippen LogP contribution in [-0.2, 0) is 0 Å². The molecule has 0 amide bonds. The van der Waals surface area contributed by atoms with Gasteiger partial charge in [0.25, 0.3) is 0 Å². The van der Waals surface area contributed by atoms with E-state index >= 15 is 0 Å². The van der Waals surface area contributed by atoms with E-state index in [2.05, 4.69) is 17.1 Å². The number of hydrogen-bond donors (Lipinski definition) is 3. The zero-order valence-electron chi connectivity index (χ0n) is 10.4. The molecule has 1 heterocycles. The second-order valence-corrected chi connectivity index (χ2v) is 4.84. The van der Waals surface area contributed by atoms with Crippen LogP contribution in [-0.4, -0.2) is 60.0 Å². The second-order valence-electron chi connectivity index (χ2n) is 4.84. The molecule has 16 heavy (non-hydrogen) atoms. The molecule has 1 saturated heterocycles. The third-order valence-corrected chi connectivity index (χ3v) is 3.16. The van der Waals surface area contributed by atoms with E-state index < -0.39 is 0 Å². The number of nitrogens with one attached hydrogen (secondary N) is 1. The number of nitrogens with zero attached hydrogens (tertiary/aromatic N) is 1. The largest absolute Gasteiger partial charge is 0.396 e. The van der Waals surface area contributed by atoms with Crippen LogP contribution in [0.4, 0.5) is 0 Å². The highest BCUT2D eigenvalue weighted by molar-refractivity contribution is 4.72. The lowest BCUT2D eigenvalue weighted by Crippen LogP contribution is -2.40. The van der Waals surface area contributed by atoms with Gasteiger partial charge in [-0.2, -0.15) is 0 Å². The highest BCUT2D eigenvalue weighted by atomic mass is 16.3. The summed E-state index contributed by atoms with van der Waals surface area (Å²) < 4.78 is 0. The summed E-state index contributed by atoms with van der Waals surface area (Å²) in [7, 11) is 0. The Morgan fingerprint density at radius 3 is 2.62 bits per heavy atom. The predicted molar refractivity (Wildman–Crippen MR) is 65.5 cm³/mol. The van der Waals surface area contributed by atoms with E-state index in [1.165, 1.54) is 12.8 Å². The summed E-state index contributed by atoms with van der Waals surface area (Å²) in [6, 6.07) is 0.375. The molecule has 2 atom stereocenters. The molecule has 0 spiro atoms. The summed E-state index contributed by atoms with van der Waals surface area (Å²) in [4.78, 5) is 2.32. The standard InChI is InChI=1S/C12H26N2O2/c1-11(5-4-8-15)13-9-12(16)10-14-6-2-3-7-14/h11-13,15-16H,2-10H2,1H3. The lowest BCUT2D eigenvalue weighted by atomic mass is 10.2. The fourth-order valence-corrected chi connectivity index (χ4v) is 2.16. The Balaban J connectivity index is 2.02. The van der Waals surface area contributed by atoms with Gasteiger partial charge in [-0.05, 0) is 45.7 Å². The molecule has 0 radical (unpaired) electrons. The molecule has 4 heteroatoms. The van der Waals surface area contributed by atoms with E-state index in [0.29, 0.717) is 12.6 Å². The summed E-state index contributed by atoms with van der Waals surface area (Å²) in [5.41, 5.74) is 0. The number of β-amino-alcohol motifs (C(OH)–C–C–N with tert-alkyl or cyclic N) is 1. The molecule has 3 N–H and O–H groups in total. The fraction of sp³-hybridized carbons (Fsp3) is 1.00. The quantitative estimate of drug-likeness (QED) is 0.557. The number of rotatable bonds is 8. The highest BCUT2D eigenvalue weighted by Crippen LogP contribution is 2.07. The van der Waals surface area contributed by atoms with Crippen molar-refractivity contribution in [3.8, 4) is 0 Å². The average Bonchev–Trinajstić information content (AvgIpc) is 2.76. The minimum Gasteiger partial charge on any atom is -0.396 e. The van der Waals surface area contributed by atoms with Crippen LogP contribution < -0.4 is 5.32 Å². The monoisotopic (exact) mass is 230 g/mol. The summed E-state index contributed by atoms with van der Waals surface area (Å²) in [6.07, 6.45) is 4.07. The van der Waals surface area contributed by atoms with Gasteiger partial charge in [-0.15, -0.1) is 0 Å². The molecule has 2 unspecified atom stereocenters. The summed E-state index contributed by atoms with van der Waals surface area (Å²) in [5.74, 6) is 0. The smallest absolute Gasteiger partial charge is 0.0791 e. The van der Waals surface area contributed by atoms with Crippen LogP contribution in [0.25, 0.3) is 0 Å². The van der Waals surface area contributed by atoms with Crippen molar-refractivity contribution in [2.24, 2.45) is 0 Å². The predicted octanol–water partition coefficient (Wildman–Crippen LogP) is 0.194. The Bertz CT molecular complexity index is 172. The Hall–Kier alpha value is -0.160. The third kappa shape index (κ3) is 5.80. The van der Waals surface area contributed by atoms with Crippen molar-refractivity contribution in [3.05, 3.63) is 0 Å². The average molecular weight is 230 g/mol. The Morgan fingerprint density at radius 2 is 2.00 bits per heavy atom. The van der Waals surface area contributed by atoms with Gasteiger partial charge in [-0.1, -0.05) is 0 Å². The first kappa shape index (κ1) is 13.9. The minimum atomic E-state index is -0.269. The van der Waals surface area contributed by atoms with Crippen LogP contribution in [0, 0.1) is 0 Å². The van der Waals surface area contributed by atoms with Gasteiger partial charge in [0.05, 0.1) is 6.10 Å². The summed E-state index contributed by atoms with van der Waals surface area (Å²) in [6.45, 7) is 6.07. The van der Waals surface area contributed by atoms with Gasteiger partial charge < -0.3 is 20.4 Å². The number of aliphatic hydroxyl groups is 2. The lowest BCUT2D eigenvalue weighted by Gasteiger charge is -2.21. The number of likely N-dealkylation sites (tertiary alicyclic amines) is 1. The summed E-state index contributed by atoms with van der Waals surface area (Å²) in [5, 5.41) is 21.8. The third-order valence-electron chi connectivity index (χ3n) is 3.16. The van der Waals surface area contributed by atoms with Gasteiger partial charge in [-0.25, -0.2) is 0 Å². The van der Waals surface area contributed by atoms with Crippen LogP contribution in [0.2, 0.25) is 0 Å². The van der Waals surface area contributed by atoms with E-state index in [4.69, 9.17) is 5.11 Å². The molecule has 1 rings (SSSR count). The molecule has 4 nitrogen and oxygen atoms in total. The van der Waals surface area contributed by atoms with Crippen LogP contribution in [0.1, 0.15) is 32.6 Å². The molecule has 96 valence electrons. The zero-order chi connectivity index (χ0) is 11.8. The molecular weight excluding hydrogens is 204 g/mol. The molecule has 0 bridgehead atoms. The van der Waals surface area contributed by atoms with Gasteiger partial charge >= 0.3 is 0 Å². The van der Waals surface area contributed by atoms with E-state index in [1.54, 1.807) is 0 Å². The maximum Gasteiger partial charge on any atom is 0.0791 e. The molecule has 0 aromatic carbocycles. The van der Waals surface area contributed by atoms with E-state index in [-0.39, 0.29) is 12.7 Å². The van der Waals surface area contributed by atoms with Crippen LogP contribution >= 0.6 is 0 Å². The molecule has 0 aromatic rings. The maximum atomic E-state index is 9.83. The van der Waals surface area contributed by atoms with Crippen molar-refractivity contribution >= 4 is 0 Å². The van der Waals surface area contributed by atoms with Gasteiger partial charge in [0.2, 0.25) is 0 Å². The molecule has 0 aliphatic carbocycles. The van der Waals surface area contributed by atoms with E-state index in [1.807, 2.05) is 0 Å². The number of aliphatic hydroxyl groups excluding tert-OH is 2. The lowest BCUT2D eigenvalue weighted by molar-refractivity contribution is 0.120. The Labute approximate surface area is 98.6 Å². The fourth-order valence-electron chi connectivity index (χ4n) is 2.16. The first-order valence-corrected chi connectivity index (χ1v) is 6.47. The van der Waals surface area contributed by atoms with Crippen LogP contribution in [0.5, 0.6) is 0 Å².